The highest BCUT2D eigenvalue weighted by Gasteiger charge is 2.44. The van der Waals surface area contributed by atoms with E-state index in [0.29, 0.717) is 0 Å². The average Bonchev–Trinajstić information content (AvgIpc) is 3.10. The Bertz CT molecular complexity index is 406. The fraction of sp³-hybridized carbons (Fsp3) is 0.842. The minimum absolute atomic E-state index is 0.834. The zero-order chi connectivity index (χ0) is 14.7. The van der Waals surface area contributed by atoms with E-state index in [4.69, 9.17) is 0 Å². The molecule has 3 rings (SSSR count). The van der Waals surface area contributed by atoms with Gasteiger partial charge < -0.3 is 0 Å². The lowest BCUT2D eigenvalue weighted by Gasteiger charge is -2.26. The summed E-state index contributed by atoms with van der Waals surface area (Å²) in [6, 6.07) is 0.834. The van der Waals surface area contributed by atoms with Gasteiger partial charge in [0.15, 0.2) is 6.04 Å². The van der Waals surface area contributed by atoms with Gasteiger partial charge in [0, 0.05) is 18.9 Å². The van der Waals surface area contributed by atoms with Crippen molar-refractivity contribution in [2.75, 3.05) is 6.54 Å². The van der Waals surface area contributed by atoms with Gasteiger partial charge in [-0.2, -0.15) is 0 Å². The summed E-state index contributed by atoms with van der Waals surface area (Å²) in [7, 11) is 0. The maximum atomic E-state index is 2.77. The summed E-state index contributed by atoms with van der Waals surface area (Å²) in [5.41, 5.74) is 0. The van der Waals surface area contributed by atoms with Crippen molar-refractivity contribution in [3.8, 4) is 0 Å². The van der Waals surface area contributed by atoms with E-state index in [1.807, 2.05) is 0 Å². The maximum Gasteiger partial charge on any atom is 0.235 e. The molecule has 2 saturated carbocycles. The topological polar surface area (TPSA) is 3.01 Å². The lowest BCUT2D eigenvalue weighted by atomic mass is 9.86. The standard InChI is InChI=1S/C19H32NS/c1-3-4-13-20-17-11-9-15(2)14-18(17)21-19(20)12-10-16-7-5-6-8-16/h10,12,15-18H,3-9,11,13-14H2,1-2H3/q+1/b12-10+. The number of hydrogen-bond acceptors (Lipinski definition) is 1. The SMILES string of the molecule is CCCC[N+]1=C(/C=C/C2CCCC2)SC2CC(C)CCC21. The normalized spacial score (nSPS) is 34.1. The van der Waals surface area contributed by atoms with Crippen LogP contribution in [0.3, 0.4) is 0 Å². The molecular weight excluding hydrogens is 274 g/mol. The first-order chi connectivity index (χ1) is 10.3. The van der Waals surface area contributed by atoms with Crippen molar-refractivity contribution in [3.63, 3.8) is 0 Å². The van der Waals surface area contributed by atoms with Crippen LogP contribution in [0.2, 0.25) is 0 Å². The molecular formula is C19H32NS+. The van der Waals surface area contributed by atoms with Crippen LogP contribution >= 0.6 is 11.8 Å². The Labute approximate surface area is 135 Å². The molecule has 0 aromatic rings. The molecule has 0 amide bonds. The van der Waals surface area contributed by atoms with Crippen LogP contribution in [0.4, 0.5) is 0 Å². The molecule has 2 fully saturated rings. The van der Waals surface area contributed by atoms with Crippen LogP contribution < -0.4 is 0 Å². The van der Waals surface area contributed by atoms with Gasteiger partial charge in [-0.15, -0.1) is 0 Å². The minimum Gasteiger partial charge on any atom is -0.221 e. The number of hydrogen-bond donors (Lipinski definition) is 0. The molecule has 21 heavy (non-hydrogen) atoms. The predicted octanol–water partition coefficient (Wildman–Crippen LogP) is 5.25. The second-order valence-electron chi connectivity index (χ2n) is 7.43. The first-order valence-electron chi connectivity index (χ1n) is 9.26. The van der Waals surface area contributed by atoms with Crippen LogP contribution in [0.1, 0.15) is 71.6 Å². The van der Waals surface area contributed by atoms with Crippen molar-refractivity contribution < 1.29 is 4.58 Å². The summed E-state index contributed by atoms with van der Waals surface area (Å²) in [5, 5.41) is 2.47. The van der Waals surface area contributed by atoms with E-state index in [-0.39, 0.29) is 0 Å². The molecule has 0 saturated heterocycles. The van der Waals surface area contributed by atoms with Crippen molar-refractivity contribution >= 4 is 16.8 Å². The molecule has 1 aliphatic heterocycles. The molecule has 2 heteroatoms. The summed E-state index contributed by atoms with van der Waals surface area (Å²) in [6.45, 7) is 6.04. The van der Waals surface area contributed by atoms with Gasteiger partial charge in [0.1, 0.15) is 6.54 Å². The Morgan fingerprint density at radius 2 is 2.00 bits per heavy atom. The number of allylic oxidation sites excluding steroid dienone is 1. The van der Waals surface area contributed by atoms with Gasteiger partial charge in [0.05, 0.1) is 5.25 Å². The zero-order valence-electron chi connectivity index (χ0n) is 13.9. The molecule has 3 aliphatic rings. The highest BCUT2D eigenvalue weighted by atomic mass is 32.2. The number of nitrogens with zero attached hydrogens (tertiary/aromatic N) is 1. The average molecular weight is 307 g/mol. The Balaban J connectivity index is 1.72. The quantitative estimate of drug-likeness (QED) is 0.627. The van der Waals surface area contributed by atoms with Crippen molar-refractivity contribution in [2.45, 2.75) is 82.9 Å². The molecule has 0 aromatic heterocycles. The second kappa shape index (κ2) is 7.35. The predicted molar refractivity (Wildman–Crippen MR) is 94.3 cm³/mol. The van der Waals surface area contributed by atoms with E-state index in [0.717, 1.165) is 23.1 Å². The first-order valence-corrected chi connectivity index (χ1v) is 10.1. The van der Waals surface area contributed by atoms with Crippen LogP contribution in [0.5, 0.6) is 0 Å². The molecule has 0 spiro atoms. The van der Waals surface area contributed by atoms with E-state index >= 15 is 0 Å². The number of rotatable bonds is 5. The van der Waals surface area contributed by atoms with Crippen molar-refractivity contribution in [1.82, 2.24) is 0 Å². The molecule has 0 radical (unpaired) electrons. The largest absolute Gasteiger partial charge is 0.235 e. The van der Waals surface area contributed by atoms with Gasteiger partial charge in [-0.25, -0.2) is 4.58 Å². The highest BCUT2D eigenvalue weighted by Crippen LogP contribution is 2.40. The highest BCUT2D eigenvalue weighted by molar-refractivity contribution is 8.14. The lowest BCUT2D eigenvalue weighted by molar-refractivity contribution is -0.562. The minimum atomic E-state index is 0.834. The molecule has 118 valence electrons. The molecule has 2 aliphatic carbocycles. The Morgan fingerprint density at radius 1 is 1.19 bits per heavy atom. The van der Waals surface area contributed by atoms with E-state index in [2.05, 4.69) is 42.3 Å². The fourth-order valence-electron chi connectivity index (χ4n) is 4.29. The summed E-state index contributed by atoms with van der Waals surface area (Å²) >= 11 is 2.20. The van der Waals surface area contributed by atoms with Gasteiger partial charge in [-0.05, 0) is 49.3 Å². The van der Waals surface area contributed by atoms with Gasteiger partial charge >= 0.3 is 0 Å². The van der Waals surface area contributed by atoms with Gasteiger partial charge in [0.25, 0.3) is 0 Å². The Morgan fingerprint density at radius 3 is 2.76 bits per heavy atom. The van der Waals surface area contributed by atoms with E-state index < -0.39 is 0 Å². The summed E-state index contributed by atoms with van der Waals surface area (Å²) in [6.07, 6.45) is 17.7. The third kappa shape index (κ3) is 3.75. The smallest absolute Gasteiger partial charge is 0.221 e. The number of unbranched alkanes of at least 4 members (excludes halogenated alkanes) is 1. The van der Waals surface area contributed by atoms with E-state index in [1.54, 1.807) is 5.04 Å². The molecule has 0 bridgehead atoms. The summed E-state index contributed by atoms with van der Waals surface area (Å²) in [4.78, 5) is 0. The second-order valence-corrected chi connectivity index (χ2v) is 8.69. The number of thioether (sulfide) groups is 1. The first kappa shape index (κ1) is 15.6. The van der Waals surface area contributed by atoms with Crippen LogP contribution in [-0.4, -0.2) is 27.5 Å². The summed E-state index contributed by atoms with van der Waals surface area (Å²) < 4.78 is 2.77. The molecule has 1 heterocycles. The molecule has 3 unspecified atom stereocenters. The van der Waals surface area contributed by atoms with Crippen molar-refractivity contribution in [2.24, 2.45) is 11.8 Å². The zero-order valence-corrected chi connectivity index (χ0v) is 14.7. The number of fused-ring (bicyclic) bond motifs is 1. The molecule has 0 N–H and O–H groups in total. The Kier molecular flexibility index (Phi) is 5.48. The monoisotopic (exact) mass is 306 g/mol. The van der Waals surface area contributed by atoms with E-state index in [9.17, 15) is 0 Å². The lowest BCUT2D eigenvalue weighted by Crippen LogP contribution is -2.36. The molecule has 0 aromatic carbocycles. The van der Waals surface area contributed by atoms with Crippen molar-refractivity contribution in [1.29, 1.82) is 0 Å². The maximum absolute atomic E-state index is 2.77. The van der Waals surface area contributed by atoms with E-state index in [1.165, 1.54) is 64.3 Å². The third-order valence-corrected chi connectivity index (χ3v) is 7.06. The summed E-state index contributed by atoms with van der Waals surface area (Å²) in [5.74, 6) is 1.80. The van der Waals surface area contributed by atoms with Gasteiger partial charge in [0.2, 0.25) is 5.04 Å². The van der Waals surface area contributed by atoms with Crippen LogP contribution in [0.25, 0.3) is 0 Å². The molecule has 1 nitrogen and oxygen atoms in total. The van der Waals surface area contributed by atoms with Crippen LogP contribution in [0.15, 0.2) is 12.2 Å². The van der Waals surface area contributed by atoms with Gasteiger partial charge in [-0.1, -0.05) is 39.2 Å². The van der Waals surface area contributed by atoms with Crippen molar-refractivity contribution in [3.05, 3.63) is 12.2 Å². The third-order valence-electron chi connectivity index (χ3n) is 5.64. The van der Waals surface area contributed by atoms with Crippen LogP contribution in [-0.2, 0) is 0 Å². The fourth-order valence-corrected chi connectivity index (χ4v) is 5.98. The Hall–Kier alpha value is -0.240. The van der Waals surface area contributed by atoms with Crippen LogP contribution in [0, 0.1) is 11.8 Å². The van der Waals surface area contributed by atoms with Gasteiger partial charge in [-0.3, -0.25) is 0 Å². The molecule has 3 atom stereocenters.